The second kappa shape index (κ2) is 6.47. The van der Waals surface area contributed by atoms with Crippen molar-refractivity contribution in [3.63, 3.8) is 0 Å². The maximum atomic E-state index is 5.76. The Bertz CT molecular complexity index is 536. The van der Waals surface area contributed by atoms with Crippen LogP contribution in [0, 0.1) is 27.7 Å². The minimum absolute atomic E-state index is 0.662. The van der Waals surface area contributed by atoms with Crippen LogP contribution in [0.2, 0.25) is 0 Å². The summed E-state index contributed by atoms with van der Waals surface area (Å²) in [6, 6.07) is 12.6. The molecule has 106 valence electrons. The summed E-state index contributed by atoms with van der Waals surface area (Å²) in [7, 11) is 0. The predicted octanol–water partition coefficient (Wildman–Crippen LogP) is 4.41. The predicted molar refractivity (Wildman–Crippen MR) is 85.8 cm³/mol. The third-order valence-electron chi connectivity index (χ3n) is 3.69. The number of ether oxygens (including phenoxy) is 1. The lowest BCUT2D eigenvalue weighted by molar-refractivity contribution is 0.332. The van der Waals surface area contributed by atoms with E-state index in [2.05, 4.69) is 63.3 Å². The zero-order valence-electron chi connectivity index (χ0n) is 12.8. The molecule has 1 N–H and O–H groups in total. The standard InChI is InChI=1S/C18H23NO/c1-13-5-7-17(11-15(13)3)19-9-10-20-18-8-6-14(2)16(4)12-18/h5-8,11-12,19H,9-10H2,1-4H3. The highest BCUT2D eigenvalue weighted by Gasteiger charge is 1.98. The largest absolute Gasteiger partial charge is 0.492 e. The van der Waals surface area contributed by atoms with Gasteiger partial charge in [0.25, 0.3) is 0 Å². The number of hydrogen-bond donors (Lipinski definition) is 1. The van der Waals surface area contributed by atoms with Gasteiger partial charge >= 0.3 is 0 Å². The molecule has 0 bridgehead atoms. The molecule has 0 aliphatic carbocycles. The first-order chi connectivity index (χ1) is 9.56. The van der Waals surface area contributed by atoms with Crippen LogP contribution in [0.4, 0.5) is 5.69 Å². The van der Waals surface area contributed by atoms with Crippen LogP contribution < -0.4 is 10.1 Å². The summed E-state index contributed by atoms with van der Waals surface area (Å²) >= 11 is 0. The fourth-order valence-electron chi connectivity index (χ4n) is 2.02. The molecule has 0 aromatic heterocycles. The van der Waals surface area contributed by atoms with Gasteiger partial charge in [-0.05, 0) is 74.2 Å². The van der Waals surface area contributed by atoms with Gasteiger partial charge in [-0.15, -0.1) is 0 Å². The number of nitrogens with one attached hydrogen (secondary N) is 1. The molecule has 0 amide bonds. The number of benzene rings is 2. The third-order valence-corrected chi connectivity index (χ3v) is 3.69. The topological polar surface area (TPSA) is 21.3 Å². The first kappa shape index (κ1) is 14.4. The molecule has 2 heteroatoms. The second-order valence-corrected chi connectivity index (χ2v) is 5.32. The van der Waals surface area contributed by atoms with E-state index in [1.807, 2.05) is 6.07 Å². The van der Waals surface area contributed by atoms with Crippen LogP contribution in [0.5, 0.6) is 5.75 Å². The zero-order chi connectivity index (χ0) is 14.5. The van der Waals surface area contributed by atoms with E-state index >= 15 is 0 Å². The van der Waals surface area contributed by atoms with Crippen molar-refractivity contribution in [3.8, 4) is 5.75 Å². The van der Waals surface area contributed by atoms with Crippen molar-refractivity contribution in [3.05, 3.63) is 58.7 Å². The molecule has 2 nitrogen and oxygen atoms in total. The van der Waals surface area contributed by atoms with Crippen LogP contribution in [-0.2, 0) is 0 Å². The van der Waals surface area contributed by atoms with Crippen LogP contribution in [-0.4, -0.2) is 13.2 Å². The van der Waals surface area contributed by atoms with Crippen LogP contribution in [0.15, 0.2) is 36.4 Å². The summed E-state index contributed by atoms with van der Waals surface area (Å²) in [5.41, 5.74) is 6.35. The van der Waals surface area contributed by atoms with Crippen molar-refractivity contribution in [1.82, 2.24) is 0 Å². The Morgan fingerprint density at radius 1 is 0.800 bits per heavy atom. The minimum atomic E-state index is 0.662. The first-order valence-electron chi connectivity index (χ1n) is 7.07. The maximum absolute atomic E-state index is 5.76. The molecular weight excluding hydrogens is 246 g/mol. The SMILES string of the molecule is Cc1ccc(NCCOc2ccc(C)c(C)c2)cc1C. The Labute approximate surface area is 121 Å². The molecule has 0 heterocycles. The third kappa shape index (κ3) is 3.77. The van der Waals surface area contributed by atoms with Crippen molar-refractivity contribution < 1.29 is 4.74 Å². The molecule has 0 spiro atoms. The quantitative estimate of drug-likeness (QED) is 0.812. The summed E-state index contributed by atoms with van der Waals surface area (Å²) in [6.45, 7) is 9.94. The van der Waals surface area contributed by atoms with Gasteiger partial charge in [0.05, 0.1) is 0 Å². The number of rotatable bonds is 5. The molecule has 0 atom stereocenters. The van der Waals surface area contributed by atoms with Crippen LogP contribution in [0.25, 0.3) is 0 Å². The first-order valence-corrected chi connectivity index (χ1v) is 7.07. The molecular formula is C18H23NO. The molecule has 0 unspecified atom stereocenters. The van der Waals surface area contributed by atoms with Gasteiger partial charge in [-0.1, -0.05) is 12.1 Å². The van der Waals surface area contributed by atoms with E-state index in [0.29, 0.717) is 6.61 Å². The van der Waals surface area contributed by atoms with Crippen molar-refractivity contribution in [2.45, 2.75) is 27.7 Å². The highest BCUT2D eigenvalue weighted by atomic mass is 16.5. The Morgan fingerprint density at radius 2 is 1.45 bits per heavy atom. The highest BCUT2D eigenvalue weighted by Crippen LogP contribution is 2.17. The Morgan fingerprint density at radius 3 is 2.10 bits per heavy atom. The van der Waals surface area contributed by atoms with Crippen molar-refractivity contribution in [2.75, 3.05) is 18.5 Å². The van der Waals surface area contributed by atoms with Crippen molar-refractivity contribution in [1.29, 1.82) is 0 Å². The van der Waals surface area contributed by atoms with E-state index in [1.165, 1.54) is 22.3 Å². The van der Waals surface area contributed by atoms with Gasteiger partial charge in [-0.3, -0.25) is 0 Å². The van der Waals surface area contributed by atoms with Crippen molar-refractivity contribution >= 4 is 5.69 Å². The molecule has 0 radical (unpaired) electrons. The molecule has 0 saturated carbocycles. The summed E-state index contributed by atoms with van der Waals surface area (Å²) in [4.78, 5) is 0. The van der Waals surface area contributed by atoms with E-state index in [1.54, 1.807) is 0 Å². The summed E-state index contributed by atoms with van der Waals surface area (Å²) in [5, 5.41) is 3.38. The lowest BCUT2D eigenvalue weighted by Crippen LogP contribution is -2.11. The molecule has 2 aromatic rings. The van der Waals surface area contributed by atoms with Gasteiger partial charge in [-0.2, -0.15) is 0 Å². The number of hydrogen-bond acceptors (Lipinski definition) is 2. The smallest absolute Gasteiger partial charge is 0.119 e. The van der Waals surface area contributed by atoms with Crippen LogP contribution in [0.1, 0.15) is 22.3 Å². The monoisotopic (exact) mass is 269 g/mol. The van der Waals surface area contributed by atoms with Crippen LogP contribution in [0.3, 0.4) is 0 Å². The van der Waals surface area contributed by atoms with E-state index in [4.69, 9.17) is 4.74 Å². The normalized spacial score (nSPS) is 10.4. The van der Waals surface area contributed by atoms with E-state index in [9.17, 15) is 0 Å². The van der Waals surface area contributed by atoms with Gasteiger partial charge in [-0.25, -0.2) is 0 Å². The Hall–Kier alpha value is -1.96. The molecule has 0 saturated heterocycles. The lowest BCUT2D eigenvalue weighted by Gasteiger charge is -2.11. The molecule has 20 heavy (non-hydrogen) atoms. The fraction of sp³-hybridized carbons (Fsp3) is 0.333. The van der Waals surface area contributed by atoms with Gasteiger partial charge in [0.15, 0.2) is 0 Å². The fourth-order valence-corrected chi connectivity index (χ4v) is 2.02. The second-order valence-electron chi connectivity index (χ2n) is 5.32. The summed E-state index contributed by atoms with van der Waals surface area (Å²) < 4.78 is 5.76. The van der Waals surface area contributed by atoms with E-state index in [-0.39, 0.29) is 0 Å². The van der Waals surface area contributed by atoms with Gasteiger partial charge < -0.3 is 10.1 Å². The highest BCUT2D eigenvalue weighted by molar-refractivity contribution is 5.48. The van der Waals surface area contributed by atoms with E-state index in [0.717, 1.165) is 18.0 Å². The average Bonchev–Trinajstić information content (AvgIpc) is 2.42. The molecule has 2 rings (SSSR count). The Balaban J connectivity index is 1.81. The van der Waals surface area contributed by atoms with Crippen LogP contribution >= 0.6 is 0 Å². The maximum Gasteiger partial charge on any atom is 0.119 e. The lowest BCUT2D eigenvalue weighted by atomic mass is 10.1. The zero-order valence-corrected chi connectivity index (χ0v) is 12.8. The minimum Gasteiger partial charge on any atom is -0.492 e. The molecule has 0 aliphatic heterocycles. The Kier molecular flexibility index (Phi) is 4.67. The van der Waals surface area contributed by atoms with Crippen molar-refractivity contribution in [2.24, 2.45) is 0 Å². The molecule has 0 fully saturated rings. The molecule has 2 aromatic carbocycles. The van der Waals surface area contributed by atoms with Gasteiger partial charge in [0.2, 0.25) is 0 Å². The van der Waals surface area contributed by atoms with E-state index < -0.39 is 0 Å². The molecule has 0 aliphatic rings. The number of anilines is 1. The summed E-state index contributed by atoms with van der Waals surface area (Å²) in [6.07, 6.45) is 0. The van der Waals surface area contributed by atoms with Gasteiger partial charge in [0, 0.05) is 12.2 Å². The van der Waals surface area contributed by atoms with Gasteiger partial charge in [0.1, 0.15) is 12.4 Å². The summed E-state index contributed by atoms with van der Waals surface area (Å²) in [5.74, 6) is 0.940. The average molecular weight is 269 g/mol. The number of aryl methyl sites for hydroxylation is 4.